The zero-order valence-corrected chi connectivity index (χ0v) is 20.2. The molecule has 37 heavy (non-hydrogen) atoms. The van der Waals surface area contributed by atoms with Crippen LogP contribution in [0.1, 0.15) is 44.8 Å². The van der Waals surface area contributed by atoms with Crippen LogP contribution in [0.25, 0.3) is 0 Å². The van der Waals surface area contributed by atoms with Crippen molar-refractivity contribution in [3.63, 3.8) is 0 Å². The van der Waals surface area contributed by atoms with Crippen molar-refractivity contribution in [1.82, 2.24) is 19.7 Å². The number of halogens is 1. The number of nitrogens with zero attached hydrogens (tertiary/aromatic N) is 3. The van der Waals surface area contributed by atoms with E-state index in [-0.39, 0.29) is 48.0 Å². The SMILES string of the molecule is O=C(NCc1ccc(F)cc1)c1cn2c(c(OCc3ccccc3)c1=O)C(=O)N1C[C@H]3CCCN3[C@@H]1C2. The molecule has 8 nitrogen and oxygen atoms in total. The first-order valence-electron chi connectivity index (χ1n) is 12.5. The third kappa shape index (κ3) is 4.29. The minimum atomic E-state index is -0.620. The van der Waals surface area contributed by atoms with Crippen molar-refractivity contribution in [2.24, 2.45) is 0 Å². The summed E-state index contributed by atoms with van der Waals surface area (Å²) in [6, 6.07) is 15.5. The number of hydrogen-bond acceptors (Lipinski definition) is 5. The Balaban J connectivity index is 1.35. The van der Waals surface area contributed by atoms with Crippen LogP contribution >= 0.6 is 0 Å². The maximum Gasteiger partial charge on any atom is 0.275 e. The average Bonchev–Trinajstić information content (AvgIpc) is 3.51. The molecule has 0 radical (unpaired) electrons. The van der Waals surface area contributed by atoms with E-state index in [1.165, 1.54) is 18.3 Å². The number of pyridine rings is 1. The average molecular weight is 503 g/mol. The predicted octanol–water partition coefficient (Wildman–Crippen LogP) is 2.76. The molecule has 2 saturated heterocycles. The van der Waals surface area contributed by atoms with Gasteiger partial charge in [0.2, 0.25) is 5.43 Å². The van der Waals surface area contributed by atoms with E-state index >= 15 is 0 Å². The first-order valence-corrected chi connectivity index (χ1v) is 12.5. The summed E-state index contributed by atoms with van der Waals surface area (Å²) in [7, 11) is 0. The second kappa shape index (κ2) is 9.48. The molecule has 4 heterocycles. The molecule has 2 atom stereocenters. The third-order valence-corrected chi connectivity index (χ3v) is 7.47. The monoisotopic (exact) mass is 502 g/mol. The summed E-state index contributed by atoms with van der Waals surface area (Å²) in [5.41, 5.74) is 1.02. The van der Waals surface area contributed by atoms with Gasteiger partial charge in [-0.25, -0.2) is 4.39 Å². The van der Waals surface area contributed by atoms with Crippen LogP contribution in [0.3, 0.4) is 0 Å². The summed E-state index contributed by atoms with van der Waals surface area (Å²) in [6.45, 7) is 2.24. The second-order valence-corrected chi connectivity index (χ2v) is 9.76. The molecule has 2 amide bonds. The number of carbonyl (C=O) groups is 2. The van der Waals surface area contributed by atoms with E-state index < -0.39 is 11.3 Å². The normalized spacial score (nSPS) is 20.4. The molecule has 0 spiro atoms. The molecule has 2 aromatic carbocycles. The smallest absolute Gasteiger partial charge is 0.275 e. The van der Waals surface area contributed by atoms with Gasteiger partial charge in [-0.05, 0) is 36.1 Å². The van der Waals surface area contributed by atoms with Crippen molar-refractivity contribution in [3.05, 3.63) is 99.2 Å². The van der Waals surface area contributed by atoms with Crippen LogP contribution in [0.2, 0.25) is 0 Å². The van der Waals surface area contributed by atoms with Crippen LogP contribution in [0.4, 0.5) is 4.39 Å². The number of nitrogens with one attached hydrogen (secondary N) is 1. The number of benzene rings is 2. The van der Waals surface area contributed by atoms with Gasteiger partial charge in [0.25, 0.3) is 11.8 Å². The van der Waals surface area contributed by atoms with Crippen LogP contribution < -0.4 is 15.5 Å². The highest BCUT2D eigenvalue weighted by molar-refractivity contribution is 5.99. The van der Waals surface area contributed by atoms with E-state index in [1.807, 2.05) is 35.2 Å². The number of amides is 2. The van der Waals surface area contributed by atoms with Crippen molar-refractivity contribution in [1.29, 1.82) is 0 Å². The number of carbonyl (C=O) groups excluding carboxylic acids is 2. The Kier molecular flexibility index (Phi) is 6.00. The lowest BCUT2D eigenvalue weighted by atomic mass is 10.1. The van der Waals surface area contributed by atoms with Gasteiger partial charge in [-0.3, -0.25) is 19.3 Å². The molecule has 6 rings (SSSR count). The van der Waals surface area contributed by atoms with Gasteiger partial charge in [-0.1, -0.05) is 42.5 Å². The quantitative estimate of drug-likeness (QED) is 0.561. The fourth-order valence-corrected chi connectivity index (χ4v) is 5.62. The van der Waals surface area contributed by atoms with Gasteiger partial charge in [0.1, 0.15) is 24.2 Å². The van der Waals surface area contributed by atoms with Gasteiger partial charge in [0.05, 0.1) is 6.54 Å². The Morgan fingerprint density at radius 1 is 1.03 bits per heavy atom. The van der Waals surface area contributed by atoms with Gasteiger partial charge in [-0.2, -0.15) is 0 Å². The molecule has 0 aliphatic carbocycles. The molecular formula is C28H27FN4O4. The number of aromatic nitrogens is 1. The Hall–Kier alpha value is -3.98. The van der Waals surface area contributed by atoms with Crippen LogP contribution in [0.5, 0.6) is 5.75 Å². The summed E-state index contributed by atoms with van der Waals surface area (Å²) < 4.78 is 20.9. The molecule has 1 N–H and O–H groups in total. The summed E-state index contributed by atoms with van der Waals surface area (Å²) in [5, 5.41) is 2.74. The number of fused-ring (bicyclic) bond motifs is 4. The first-order chi connectivity index (χ1) is 18.0. The maximum atomic E-state index is 13.7. The Bertz CT molecular complexity index is 1410. The Morgan fingerprint density at radius 2 is 1.81 bits per heavy atom. The lowest BCUT2D eigenvalue weighted by molar-refractivity contribution is 0.0510. The Morgan fingerprint density at radius 3 is 2.59 bits per heavy atom. The van der Waals surface area contributed by atoms with Crippen molar-refractivity contribution in [2.75, 3.05) is 13.1 Å². The lowest BCUT2D eigenvalue weighted by Gasteiger charge is -2.36. The van der Waals surface area contributed by atoms with Crippen molar-refractivity contribution < 1.29 is 18.7 Å². The molecule has 3 aliphatic heterocycles. The molecule has 0 unspecified atom stereocenters. The minimum absolute atomic E-state index is 0.0915. The first kappa shape index (κ1) is 23.4. The maximum absolute atomic E-state index is 13.7. The molecule has 3 aromatic rings. The minimum Gasteiger partial charge on any atom is -0.483 e. The van der Waals surface area contributed by atoms with Crippen LogP contribution in [0.15, 0.2) is 65.6 Å². The number of hydrogen-bond donors (Lipinski definition) is 1. The predicted molar refractivity (Wildman–Crippen MR) is 134 cm³/mol. The fourth-order valence-electron chi connectivity index (χ4n) is 5.62. The molecule has 190 valence electrons. The van der Waals surface area contributed by atoms with Gasteiger partial charge in [-0.15, -0.1) is 0 Å². The van der Waals surface area contributed by atoms with Gasteiger partial charge < -0.3 is 19.5 Å². The Labute approximate surface area is 213 Å². The van der Waals surface area contributed by atoms with Gasteiger partial charge in [0, 0.05) is 31.9 Å². The van der Waals surface area contributed by atoms with Gasteiger partial charge in [0.15, 0.2) is 11.4 Å². The van der Waals surface area contributed by atoms with E-state index in [0.717, 1.165) is 24.9 Å². The molecular weight excluding hydrogens is 475 g/mol. The molecule has 1 aromatic heterocycles. The zero-order chi connectivity index (χ0) is 25.5. The summed E-state index contributed by atoms with van der Waals surface area (Å²) in [6.07, 6.45) is 3.52. The molecule has 0 bridgehead atoms. The zero-order valence-electron chi connectivity index (χ0n) is 20.2. The van der Waals surface area contributed by atoms with E-state index in [9.17, 15) is 18.8 Å². The summed E-state index contributed by atoms with van der Waals surface area (Å²) >= 11 is 0. The topological polar surface area (TPSA) is 83.9 Å². The molecule has 9 heteroatoms. The lowest BCUT2D eigenvalue weighted by Crippen LogP contribution is -2.50. The summed E-state index contributed by atoms with van der Waals surface area (Å²) in [4.78, 5) is 44.6. The summed E-state index contributed by atoms with van der Waals surface area (Å²) in [5.74, 6) is -1.29. The highest BCUT2D eigenvalue weighted by atomic mass is 19.1. The van der Waals surface area contributed by atoms with Crippen LogP contribution in [-0.2, 0) is 19.7 Å². The molecule has 0 saturated carbocycles. The molecule has 2 fully saturated rings. The van der Waals surface area contributed by atoms with Crippen LogP contribution in [0, 0.1) is 5.82 Å². The van der Waals surface area contributed by atoms with Crippen molar-refractivity contribution >= 4 is 11.8 Å². The third-order valence-electron chi connectivity index (χ3n) is 7.47. The highest BCUT2D eigenvalue weighted by Crippen LogP contribution is 2.35. The second-order valence-electron chi connectivity index (χ2n) is 9.76. The van der Waals surface area contributed by atoms with Gasteiger partial charge >= 0.3 is 0 Å². The van der Waals surface area contributed by atoms with E-state index in [1.54, 1.807) is 16.7 Å². The molecule has 3 aliphatic rings. The number of ether oxygens (including phenoxy) is 1. The van der Waals surface area contributed by atoms with Crippen molar-refractivity contribution in [3.8, 4) is 5.75 Å². The van der Waals surface area contributed by atoms with Crippen molar-refractivity contribution in [2.45, 2.75) is 44.7 Å². The van der Waals surface area contributed by atoms with E-state index in [4.69, 9.17) is 4.74 Å². The highest BCUT2D eigenvalue weighted by Gasteiger charge is 2.48. The number of rotatable bonds is 6. The largest absolute Gasteiger partial charge is 0.483 e. The van der Waals surface area contributed by atoms with Crippen LogP contribution in [-0.4, -0.2) is 51.5 Å². The fraction of sp³-hybridized carbons (Fsp3) is 0.321. The van der Waals surface area contributed by atoms with E-state index in [2.05, 4.69) is 10.2 Å². The standard InChI is InChI=1S/C28H27FN4O4/c29-20-10-8-18(9-11-20)13-30-27(35)22-15-31-16-23-32-12-4-7-21(32)14-33(23)28(36)24(31)26(25(22)34)37-17-19-5-2-1-3-6-19/h1-3,5-6,8-11,15,21,23H,4,7,12-14,16-17H2,(H,30,35)/t21-,23+/m1/s1. The van der Waals surface area contributed by atoms with E-state index in [0.29, 0.717) is 24.7 Å².